The predicted octanol–water partition coefficient (Wildman–Crippen LogP) is 3.39. The molecule has 0 heterocycles. The number of rotatable bonds is 2. The zero-order chi connectivity index (χ0) is 10.1. The van der Waals surface area contributed by atoms with Crippen LogP contribution in [-0.4, -0.2) is 6.54 Å². The summed E-state index contributed by atoms with van der Waals surface area (Å²) in [7, 11) is 0. The molecule has 0 bridgehead atoms. The summed E-state index contributed by atoms with van der Waals surface area (Å²) in [5.74, 6) is 1.39. The number of halogens is 1. The maximum absolute atomic E-state index is 5.63. The Morgan fingerprint density at radius 1 is 1.43 bits per heavy atom. The maximum Gasteiger partial charge on any atom is 0.0178 e. The lowest BCUT2D eigenvalue weighted by Crippen LogP contribution is -2.04. The second-order valence-electron chi connectivity index (χ2n) is 4.18. The Morgan fingerprint density at radius 3 is 2.93 bits per heavy atom. The minimum atomic E-state index is 0.693. The first kappa shape index (κ1) is 10.2. The second kappa shape index (κ2) is 4.03. The van der Waals surface area contributed by atoms with Crippen molar-refractivity contribution in [1.29, 1.82) is 0 Å². The average Bonchev–Trinajstić information content (AvgIpc) is 2.44. The molecule has 1 nitrogen and oxygen atoms in total. The second-order valence-corrected chi connectivity index (χ2v) is 5.10. The Kier molecular flexibility index (Phi) is 2.93. The molecule has 14 heavy (non-hydrogen) atoms. The zero-order valence-corrected chi connectivity index (χ0v) is 10.0. The van der Waals surface area contributed by atoms with Gasteiger partial charge in [0.05, 0.1) is 0 Å². The minimum absolute atomic E-state index is 0.693. The maximum atomic E-state index is 5.63. The first-order valence-electron chi connectivity index (χ1n) is 5.21. The molecule has 0 aliphatic heterocycles. The van der Waals surface area contributed by atoms with Gasteiger partial charge in [-0.05, 0) is 54.5 Å². The SMILES string of the molecule is CC1CC(CCN)c2ccc(Br)cc21. The van der Waals surface area contributed by atoms with Gasteiger partial charge in [-0.3, -0.25) is 0 Å². The Hall–Kier alpha value is -0.340. The molecule has 2 N–H and O–H groups in total. The van der Waals surface area contributed by atoms with Gasteiger partial charge in [-0.2, -0.15) is 0 Å². The topological polar surface area (TPSA) is 26.0 Å². The molecule has 0 radical (unpaired) electrons. The van der Waals surface area contributed by atoms with Gasteiger partial charge < -0.3 is 5.73 Å². The van der Waals surface area contributed by atoms with Gasteiger partial charge in [-0.25, -0.2) is 0 Å². The molecule has 1 aliphatic rings. The van der Waals surface area contributed by atoms with Crippen molar-refractivity contribution in [1.82, 2.24) is 0 Å². The fourth-order valence-corrected chi connectivity index (χ4v) is 2.88. The van der Waals surface area contributed by atoms with Crippen LogP contribution in [0.2, 0.25) is 0 Å². The molecule has 0 saturated carbocycles. The summed E-state index contributed by atoms with van der Waals surface area (Å²) in [4.78, 5) is 0. The van der Waals surface area contributed by atoms with Gasteiger partial charge in [-0.15, -0.1) is 0 Å². The Labute approximate surface area is 93.8 Å². The lowest BCUT2D eigenvalue weighted by atomic mass is 9.98. The zero-order valence-electron chi connectivity index (χ0n) is 8.46. The Bertz CT molecular complexity index is 335. The van der Waals surface area contributed by atoms with Crippen molar-refractivity contribution in [2.45, 2.75) is 31.6 Å². The standard InChI is InChI=1S/C12H16BrN/c1-8-6-9(4-5-14)11-3-2-10(13)7-12(8)11/h2-3,7-9H,4-6,14H2,1H3. The van der Waals surface area contributed by atoms with Crippen LogP contribution in [0.1, 0.15) is 42.7 Å². The van der Waals surface area contributed by atoms with E-state index in [2.05, 4.69) is 41.1 Å². The number of nitrogens with two attached hydrogens (primary N) is 1. The van der Waals surface area contributed by atoms with Gasteiger partial charge in [0, 0.05) is 4.47 Å². The average molecular weight is 254 g/mol. The molecule has 2 unspecified atom stereocenters. The highest BCUT2D eigenvalue weighted by atomic mass is 79.9. The Balaban J connectivity index is 2.34. The van der Waals surface area contributed by atoms with E-state index in [0.29, 0.717) is 11.8 Å². The number of hydrogen-bond donors (Lipinski definition) is 1. The molecule has 76 valence electrons. The lowest BCUT2D eigenvalue weighted by molar-refractivity contribution is 0.584. The smallest absolute Gasteiger partial charge is 0.0178 e. The van der Waals surface area contributed by atoms with Crippen molar-refractivity contribution in [3.63, 3.8) is 0 Å². The summed E-state index contributed by atoms with van der Waals surface area (Å²) in [6, 6.07) is 6.65. The fraction of sp³-hybridized carbons (Fsp3) is 0.500. The van der Waals surface area contributed by atoms with Crippen LogP contribution in [0.15, 0.2) is 22.7 Å². The van der Waals surface area contributed by atoms with E-state index < -0.39 is 0 Å². The van der Waals surface area contributed by atoms with Gasteiger partial charge in [0.1, 0.15) is 0 Å². The summed E-state index contributed by atoms with van der Waals surface area (Å²) in [6.07, 6.45) is 2.39. The highest BCUT2D eigenvalue weighted by molar-refractivity contribution is 9.10. The van der Waals surface area contributed by atoms with E-state index in [1.807, 2.05) is 0 Å². The number of benzene rings is 1. The van der Waals surface area contributed by atoms with Gasteiger partial charge in [0.15, 0.2) is 0 Å². The highest BCUT2D eigenvalue weighted by Gasteiger charge is 2.27. The molecule has 0 spiro atoms. The van der Waals surface area contributed by atoms with Crippen molar-refractivity contribution in [2.24, 2.45) is 5.73 Å². The Morgan fingerprint density at radius 2 is 2.21 bits per heavy atom. The van der Waals surface area contributed by atoms with Crippen molar-refractivity contribution in [3.05, 3.63) is 33.8 Å². The summed E-state index contributed by atoms with van der Waals surface area (Å²) in [5, 5.41) is 0. The third-order valence-corrected chi connectivity index (χ3v) is 3.67. The van der Waals surface area contributed by atoms with Crippen LogP contribution in [0.5, 0.6) is 0 Å². The summed E-state index contributed by atoms with van der Waals surface area (Å²) >= 11 is 3.53. The van der Waals surface area contributed by atoms with Crippen molar-refractivity contribution >= 4 is 15.9 Å². The summed E-state index contributed by atoms with van der Waals surface area (Å²) in [5.41, 5.74) is 8.66. The number of fused-ring (bicyclic) bond motifs is 1. The molecule has 2 heteroatoms. The minimum Gasteiger partial charge on any atom is -0.330 e. The van der Waals surface area contributed by atoms with Crippen LogP contribution in [0.25, 0.3) is 0 Å². The van der Waals surface area contributed by atoms with E-state index in [0.717, 1.165) is 13.0 Å². The predicted molar refractivity (Wildman–Crippen MR) is 63.6 cm³/mol. The van der Waals surface area contributed by atoms with Crippen LogP contribution in [-0.2, 0) is 0 Å². The van der Waals surface area contributed by atoms with E-state index in [-0.39, 0.29) is 0 Å². The molecule has 1 aliphatic carbocycles. The van der Waals surface area contributed by atoms with Gasteiger partial charge in [0.25, 0.3) is 0 Å². The van der Waals surface area contributed by atoms with E-state index in [1.54, 1.807) is 0 Å². The lowest BCUT2D eigenvalue weighted by Gasteiger charge is -2.09. The molecule has 1 aromatic rings. The van der Waals surface area contributed by atoms with E-state index in [1.165, 1.54) is 22.0 Å². The van der Waals surface area contributed by atoms with Crippen LogP contribution in [0.3, 0.4) is 0 Å². The highest BCUT2D eigenvalue weighted by Crippen LogP contribution is 2.43. The van der Waals surface area contributed by atoms with Crippen LogP contribution < -0.4 is 5.73 Å². The summed E-state index contributed by atoms with van der Waals surface area (Å²) < 4.78 is 1.19. The van der Waals surface area contributed by atoms with Gasteiger partial charge in [-0.1, -0.05) is 28.9 Å². The molecule has 2 rings (SSSR count). The van der Waals surface area contributed by atoms with Crippen molar-refractivity contribution in [2.75, 3.05) is 6.54 Å². The van der Waals surface area contributed by atoms with Gasteiger partial charge in [0.2, 0.25) is 0 Å². The fourth-order valence-electron chi connectivity index (χ4n) is 2.50. The third-order valence-electron chi connectivity index (χ3n) is 3.17. The quantitative estimate of drug-likeness (QED) is 0.860. The molecule has 0 aromatic heterocycles. The molecule has 1 aromatic carbocycles. The van der Waals surface area contributed by atoms with E-state index in [9.17, 15) is 0 Å². The van der Waals surface area contributed by atoms with Crippen LogP contribution in [0.4, 0.5) is 0 Å². The molecule has 0 fully saturated rings. The first-order valence-corrected chi connectivity index (χ1v) is 6.01. The molecule has 0 amide bonds. The first-order chi connectivity index (χ1) is 6.72. The van der Waals surface area contributed by atoms with Crippen molar-refractivity contribution in [3.8, 4) is 0 Å². The monoisotopic (exact) mass is 253 g/mol. The molecular formula is C12H16BrN. The van der Waals surface area contributed by atoms with Crippen LogP contribution >= 0.6 is 15.9 Å². The van der Waals surface area contributed by atoms with E-state index >= 15 is 0 Å². The third kappa shape index (κ3) is 1.73. The molecular weight excluding hydrogens is 238 g/mol. The molecule has 2 atom stereocenters. The largest absolute Gasteiger partial charge is 0.330 e. The van der Waals surface area contributed by atoms with Gasteiger partial charge >= 0.3 is 0 Å². The number of hydrogen-bond acceptors (Lipinski definition) is 1. The summed E-state index contributed by atoms with van der Waals surface area (Å²) in [6.45, 7) is 3.11. The van der Waals surface area contributed by atoms with E-state index in [4.69, 9.17) is 5.73 Å². The van der Waals surface area contributed by atoms with Crippen LogP contribution in [0, 0.1) is 0 Å². The van der Waals surface area contributed by atoms with Crippen molar-refractivity contribution < 1.29 is 0 Å². The normalized spacial score (nSPS) is 25.1. The molecule has 0 saturated heterocycles.